The molecule has 40 heavy (non-hydrogen) atoms. The summed E-state index contributed by atoms with van der Waals surface area (Å²) in [6.07, 6.45) is 14.7. The van der Waals surface area contributed by atoms with E-state index in [1.165, 1.54) is 81.5 Å². The Morgan fingerprint density at radius 2 is 1.45 bits per heavy atom. The first-order chi connectivity index (χ1) is 19.8. The summed E-state index contributed by atoms with van der Waals surface area (Å²) in [5, 5.41) is 4.91. The van der Waals surface area contributed by atoms with Gasteiger partial charge in [-0.05, 0) is 81.5 Å². The number of ether oxygens (including phenoxy) is 1. The Kier molecular flexibility index (Phi) is 8.10. The molecule has 0 atom stereocenters. The minimum absolute atomic E-state index is 0.790. The molecule has 200 valence electrons. The fourth-order valence-corrected chi connectivity index (χ4v) is 6.25. The van der Waals surface area contributed by atoms with E-state index < -0.39 is 0 Å². The van der Waals surface area contributed by atoms with Crippen LogP contribution in [0.5, 0.6) is 5.75 Å². The van der Waals surface area contributed by atoms with Gasteiger partial charge in [-0.1, -0.05) is 135 Å². The normalized spacial score (nSPS) is 14.8. The summed E-state index contributed by atoms with van der Waals surface area (Å²) in [5.41, 5.74) is 6.08. The average molecular weight is 523 g/mol. The van der Waals surface area contributed by atoms with Crippen molar-refractivity contribution in [1.29, 1.82) is 0 Å². The van der Waals surface area contributed by atoms with E-state index >= 15 is 0 Å². The SMILES string of the molecule is CC=Cc1ccccc1C=C(c1ccc2ccccc2c1)c1ccc(OCCC2CCCCC2)c2ccccc12. The summed E-state index contributed by atoms with van der Waals surface area (Å²) in [6, 6.07) is 37.2. The Labute approximate surface area is 238 Å². The topological polar surface area (TPSA) is 9.23 Å². The highest BCUT2D eigenvalue weighted by atomic mass is 16.5. The highest BCUT2D eigenvalue weighted by Crippen LogP contribution is 2.37. The van der Waals surface area contributed by atoms with E-state index in [2.05, 4.69) is 128 Å². The minimum Gasteiger partial charge on any atom is -0.493 e. The van der Waals surface area contributed by atoms with Gasteiger partial charge in [0.25, 0.3) is 0 Å². The Balaban J connectivity index is 1.44. The number of allylic oxidation sites excluding steroid dienone is 1. The predicted octanol–water partition coefficient (Wildman–Crippen LogP) is 11.0. The zero-order valence-corrected chi connectivity index (χ0v) is 23.5. The van der Waals surface area contributed by atoms with Gasteiger partial charge in [-0.2, -0.15) is 0 Å². The molecule has 1 nitrogen and oxygen atoms in total. The van der Waals surface area contributed by atoms with Gasteiger partial charge in [0.05, 0.1) is 6.61 Å². The fraction of sp³-hybridized carbons (Fsp3) is 0.231. The van der Waals surface area contributed by atoms with Gasteiger partial charge in [-0.3, -0.25) is 0 Å². The van der Waals surface area contributed by atoms with Crippen LogP contribution < -0.4 is 4.74 Å². The maximum atomic E-state index is 6.46. The van der Waals surface area contributed by atoms with Crippen molar-refractivity contribution < 1.29 is 4.74 Å². The van der Waals surface area contributed by atoms with Crippen molar-refractivity contribution in [1.82, 2.24) is 0 Å². The lowest BCUT2D eigenvalue weighted by molar-refractivity contribution is 0.248. The predicted molar refractivity (Wildman–Crippen MR) is 173 cm³/mol. The third-order valence-electron chi connectivity index (χ3n) is 8.39. The average Bonchev–Trinajstić information content (AvgIpc) is 3.01. The lowest BCUT2D eigenvalue weighted by Gasteiger charge is -2.22. The number of benzene rings is 5. The van der Waals surface area contributed by atoms with Gasteiger partial charge in [0.1, 0.15) is 5.75 Å². The summed E-state index contributed by atoms with van der Waals surface area (Å²) in [5.74, 6) is 1.81. The maximum Gasteiger partial charge on any atom is 0.127 e. The molecule has 0 N–H and O–H groups in total. The zero-order valence-electron chi connectivity index (χ0n) is 23.5. The molecule has 0 heterocycles. The molecule has 0 saturated heterocycles. The van der Waals surface area contributed by atoms with Crippen LogP contribution in [0.2, 0.25) is 0 Å². The maximum absolute atomic E-state index is 6.46. The highest BCUT2D eigenvalue weighted by molar-refractivity contribution is 6.05. The molecule has 1 fully saturated rings. The van der Waals surface area contributed by atoms with Gasteiger partial charge >= 0.3 is 0 Å². The van der Waals surface area contributed by atoms with Gasteiger partial charge in [-0.15, -0.1) is 0 Å². The first-order valence-corrected chi connectivity index (χ1v) is 14.9. The van der Waals surface area contributed by atoms with Gasteiger partial charge in [0, 0.05) is 5.39 Å². The molecule has 0 amide bonds. The van der Waals surface area contributed by atoms with Crippen molar-refractivity contribution in [3.8, 4) is 5.75 Å². The summed E-state index contributed by atoms with van der Waals surface area (Å²) >= 11 is 0. The molecule has 0 radical (unpaired) electrons. The van der Waals surface area contributed by atoms with Crippen molar-refractivity contribution in [2.75, 3.05) is 6.61 Å². The van der Waals surface area contributed by atoms with Crippen molar-refractivity contribution in [3.63, 3.8) is 0 Å². The smallest absolute Gasteiger partial charge is 0.127 e. The molecule has 5 aromatic rings. The first-order valence-electron chi connectivity index (χ1n) is 14.9. The van der Waals surface area contributed by atoms with Gasteiger partial charge in [0.2, 0.25) is 0 Å². The van der Waals surface area contributed by atoms with Gasteiger partial charge < -0.3 is 4.74 Å². The summed E-state index contributed by atoms with van der Waals surface area (Å²) in [4.78, 5) is 0. The lowest BCUT2D eigenvalue weighted by Crippen LogP contribution is -2.10. The second-order valence-electron chi connectivity index (χ2n) is 11.0. The van der Waals surface area contributed by atoms with E-state index in [-0.39, 0.29) is 0 Å². The standard InChI is InChI=1S/C39H38O/c1-2-12-30-15-6-9-18-33(30)28-38(34-22-21-31-16-7-8-17-32(31)27-34)36-23-24-39(37-20-11-10-19-35(36)37)40-26-25-29-13-4-3-5-14-29/h2,6-12,15-24,27-29H,3-5,13-14,25-26H2,1H3. The Morgan fingerprint density at radius 1 is 0.725 bits per heavy atom. The van der Waals surface area contributed by atoms with Crippen molar-refractivity contribution in [2.45, 2.75) is 45.4 Å². The highest BCUT2D eigenvalue weighted by Gasteiger charge is 2.16. The Hall–Kier alpha value is -4.10. The van der Waals surface area contributed by atoms with E-state index in [0.717, 1.165) is 24.7 Å². The first kappa shape index (κ1) is 26.1. The van der Waals surface area contributed by atoms with E-state index in [0.29, 0.717) is 0 Å². The molecule has 6 rings (SSSR count). The Bertz CT molecular complexity index is 1670. The zero-order chi connectivity index (χ0) is 27.1. The molecule has 0 spiro atoms. The van der Waals surface area contributed by atoms with Crippen molar-refractivity contribution in [3.05, 3.63) is 131 Å². The van der Waals surface area contributed by atoms with Crippen LogP contribution in [0, 0.1) is 5.92 Å². The summed E-state index contributed by atoms with van der Waals surface area (Å²) in [7, 11) is 0. The van der Waals surface area contributed by atoms with Crippen LogP contribution in [-0.2, 0) is 0 Å². The minimum atomic E-state index is 0.790. The largest absolute Gasteiger partial charge is 0.493 e. The molecule has 1 saturated carbocycles. The van der Waals surface area contributed by atoms with Crippen molar-refractivity contribution >= 4 is 39.3 Å². The van der Waals surface area contributed by atoms with Crippen LogP contribution in [0.15, 0.2) is 109 Å². The number of hydrogen-bond donors (Lipinski definition) is 0. The molecular weight excluding hydrogens is 484 g/mol. The number of rotatable bonds is 8. The van der Waals surface area contributed by atoms with Crippen LogP contribution in [0.25, 0.3) is 39.3 Å². The number of fused-ring (bicyclic) bond motifs is 2. The van der Waals surface area contributed by atoms with Crippen molar-refractivity contribution in [2.24, 2.45) is 5.92 Å². The van der Waals surface area contributed by atoms with Gasteiger partial charge in [-0.25, -0.2) is 0 Å². The Morgan fingerprint density at radius 3 is 2.27 bits per heavy atom. The monoisotopic (exact) mass is 522 g/mol. The molecule has 0 aliphatic heterocycles. The van der Waals surface area contributed by atoms with Crippen LogP contribution in [0.4, 0.5) is 0 Å². The van der Waals surface area contributed by atoms with E-state index in [4.69, 9.17) is 4.74 Å². The van der Waals surface area contributed by atoms with Crippen LogP contribution >= 0.6 is 0 Å². The molecule has 0 unspecified atom stereocenters. The second kappa shape index (κ2) is 12.4. The molecule has 0 bridgehead atoms. The van der Waals surface area contributed by atoms with Crippen LogP contribution in [0.1, 0.15) is 67.7 Å². The summed E-state index contributed by atoms with van der Waals surface area (Å²) < 4.78 is 6.46. The van der Waals surface area contributed by atoms with E-state index in [1.54, 1.807) is 0 Å². The molecule has 0 aromatic heterocycles. The number of hydrogen-bond acceptors (Lipinski definition) is 1. The van der Waals surface area contributed by atoms with Crippen LogP contribution in [-0.4, -0.2) is 6.61 Å². The quantitative estimate of drug-likeness (QED) is 0.184. The third-order valence-corrected chi connectivity index (χ3v) is 8.39. The lowest BCUT2D eigenvalue weighted by atomic mass is 9.87. The summed E-state index contributed by atoms with van der Waals surface area (Å²) in [6.45, 7) is 2.86. The van der Waals surface area contributed by atoms with E-state index in [9.17, 15) is 0 Å². The molecule has 1 aliphatic carbocycles. The molecule has 1 heteroatoms. The van der Waals surface area contributed by atoms with Crippen LogP contribution in [0.3, 0.4) is 0 Å². The molecule has 1 aliphatic rings. The fourth-order valence-electron chi connectivity index (χ4n) is 6.25. The third kappa shape index (κ3) is 5.75. The second-order valence-corrected chi connectivity index (χ2v) is 11.0. The molecule has 5 aromatic carbocycles. The molecular formula is C39H38O. The van der Waals surface area contributed by atoms with Gasteiger partial charge in [0.15, 0.2) is 0 Å². The van der Waals surface area contributed by atoms with E-state index in [1.807, 2.05) is 0 Å².